The molecule has 1 saturated carbocycles. The topological polar surface area (TPSA) is 35.2 Å². The van der Waals surface area contributed by atoms with Crippen molar-refractivity contribution in [2.75, 3.05) is 19.8 Å². The highest BCUT2D eigenvalue weighted by molar-refractivity contribution is 4.70. The molecule has 0 radical (unpaired) electrons. The molecule has 0 aromatic heterocycles. The summed E-state index contributed by atoms with van der Waals surface area (Å²) in [5.74, 6) is 0.959. The fraction of sp³-hybridized carbons (Fsp3) is 1.00. The first-order valence-electron chi connectivity index (χ1n) is 5.42. The third-order valence-corrected chi connectivity index (χ3v) is 2.94. The lowest BCUT2D eigenvalue weighted by Crippen LogP contribution is -2.29. The van der Waals surface area contributed by atoms with E-state index in [0.29, 0.717) is 6.54 Å². The van der Waals surface area contributed by atoms with Crippen molar-refractivity contribution in [2.24, 2.45) is 17.1 Å². The minimum Gasteiger partial charge on any atom is -0.381 e. The van der Waals surface area contributed by atoms with E-state index < -0.39 is 0 Å². The summed E-state index contributed by atoms with van der Waals surface area (Å²) in [4.78, 5) is 0. The van der Waals surface area contributed by atoms with Gasteiger partial charge in [-0.15, -0.1) is 0 Å². The van der Waals surface area contributed by atoms with E-state index in [4.69, 9.17) is 10.5 Å². The first-order valence-corrected chi connectivity index (χ1v) is 5.42. The van der Waals surface area contributed by atoms with Crippen molar-refractivity contribution in [1.29, 1.82) is 0 Å². The second-order valence-electron chi connectivity index (χ2n) is 5.01. The summed E-state index contributed by atoms with van der Waals surface area (Å²) in [7, 11) is 0. The van der Waals surface area contributed by atoms with Crippen LogP contribution in [0.2, 0.25) is 0 Å². The third-order valence-electron chi connectivity index (χ3n) is 2.94. The van der Waals surface area contributed by atoms with Gasteiger partial charge in [-0.05, 0) is 18.9 Å². The van der Waals surface area contributed by atoms with Crippen molar-refractivity contribution in [1.82, 2.24) is 0 Å². The summed E-state index contributed by atoms with van der Waals surface area (Å²) in [5.41, 5.74) is 5.76. The molecule has 78 valence electrons. The molecule has 0 unspecified atom stereocenters. The van der Waals surface area contributed by atoms with Crippen LogP contribution in [-0.2, 0) is 4.74 Å². The van der Waals surface area contributed by atoms with E-state index >= 15 is 0 Å². The fourth-order valence-electron chi connectivity index (χ4n) is 1.44. The number of ether oxygens (including phenoxy) is 1. The molecular formula is C11H23NO. The lowest BCUT2D eigenvalue weighted by molar-refractivity contribution is 0.0515. The van der Waals surface area contributed by atoms with E-state index in [9.17, 15) is 0 Å². The van der Waals surface area contributed by atoms with Crippen LogP contribution in [0.3, 0.4) is 0 Å². The zero-order valence-corrected chi connectivity index (χ0v) is 9.01. The highest BCUT2D eigenvalue weighted by Gasteiger charge is 2.18. The molecule has 2 N–H and O–H groups in total. The van der Waals surface area contributed by atoms with Crippen LogP contribution >= 0.6 is 0 Å². The van der Waals surface area contributed by atoms with Crippen LogP contribution in [0.25, 0.3) is 0 Å². The number of rotatable bonds is 6. The fourth-order valence-corrected chi connectivity index (χ4v) is 1.44. The Kier molecular flexibility index (Phi) is 4.20. The Labute approximate surface area is 81.8 Å². The van der Waals surface area contributed by atoms with Gasteiger partial charge in [0, 0.05) is 12.0 Å². The summed E-state index contributed by atoms with van der Waals surface area (Å²) in [6.45, 7) is 6.73. The van der Waals surface area contributed by atoms with Gasteiger partial charge in [0.1, 0.15) is 0 Å². The maximum Gasteiger partial charge on any atom is 0.0529 e. The van der Waals surface area contributed by atoms with Gasteiger partial charge in [-0.1, -0.05) is 33.1 Å². The molecule has 1 aliphatic rings. The van der Waals surface area contributed by atoms with Crippen LogP contribution in [-0.4, -0.2) is 19.8 Å². The van der Waals surface area contributed by atoms with Gasteiger partial charge in [-0.25, -0.2) is 0 Å². The van der Waals surface area contributed by atoms with E-state index in [0.717, 1.165) is 19.1 Å². The molecule has 0 heterocycles. The highest BCUT2D eigenvalue weighted by Crippen LogP contribution is 2.29. The van der Waals surface area contributed by atoms with Crippen LogP contribution in [0.15, 0.2) is 0 Å². The molecular weight excluding hydrogens is 162 g/mol. The number of hydrogen-bond donors (Lipinski definition) is 1. The molecule has 0 bridgehead atoms. The first-order chi connectivity index (χ1) is 6.14. The Bertz CT molecular complexity index is 141. The number of hydrogen-bond acceptors (Lipinski definition) is 2. The van der Waals surface area contributed by atoms with Gasteiger partial charge in [-0.2, -0.15) is 0 Å². The maximum absolute atomic E-state index is 5.62. The predicted molar refractivity (Wildman–Crippen MR) is 55.6 cm³/mol. The molecule has 0 amide bonds. The Morgan fingerprint density at radius 2 is 2.08 bits per heavy atom. The summed E-state index contributed by atoms with van der Waals surface area (Å²) < 4.78 is 5.62. The van der Waals surface area contributed by atoms with Crippen molar-refractivity contribution >= 4 is 0 Å². The van der Waals surface area contributed by atoms with Gasteiger partial charge in [-0.3, -0.25) is 0 Å². The van der Waals surface area contributed by atoms with E-state index in [2.05, 4.69) is 13.8 Å². The molecule has 0 aromatic rings. The molecule has 2 nitrogen and oxygen atoms in total. The smallest absolute Gasteiger partial charge is 0.0529 e. The van der Waals surface area contributed by atoms with Gasteiger partial charge in [0.2, 0.25) is 0 Å². The Hall–Kier alpha value is -0.0800. The average Bonchev–Trinajstić information content (AvgIpc) is 2.01. The summed E-state index contributed by atoms with van der Waals surface area (Å²) >= 11 is 0. The van der Waals surface area contributed by atoms with Crippen LogP contribution in [0.4, 0.5) is 0 Å². The van der Waals surface area contributed by atoms with Crippen LogP contribution in [0.1, 0.15) is 39.5 Å². The Morgan fingerprint density at radius 1 is 1.38 bits per heavy atom. The maximum atomic E-state index is 5.62. The number of nitrogens with two attached hydrogens (primary N) is 1. The summed E-state index contributed by atoms with van der Waals surface area (Å²) in [6.07, 6.45) is 5.52. The predicted octanol–water partition coefficient (Wildman–Crippen LogP) is 2.18. The molecule has 0 saturated heterocycles. The largest absolute Gasteiger partial charge is 0.381 e. The van der Waals surface area contributed by atoms with Crippen LogP contribution < -0.4 is 5.73 Å². The van der Waals surface area contributed by atoms with Crippen molar-refractivity contribution in [3.05, 3.63) is 0 Å². The Balaban J connectivity index is 1.93. The van der Waals surface area contributed by atoms with Crippen molar-refractivity contribution in [3.63, 3.8) is 0 Å². The van der Waals surface area contributed by atoms with Gasteiger partial charge in [0.25, 0.3) is 0 Å². The second-order valence-corrected chi connectivity index (χ2v) is 5.01. The molecule has 1 rings (SSSR count). The van der Waals surface area contributed by atoms with E-state index in [-0.39, 0.29) is 5.41 Å². The molecule has 0 spiro atoms. The van der Waals surface area contributed by atoms with Gasteiger partial charge in [0.05, 0.1) is 6.61 Å². The minimum absolute atomic E-state index is 0.152. The van der Waals surface area contributed by atoms with E-state index in [1.54, 1.807) is 0 Å². The Morgan fingerprint density at radius 3 is 2.54 bits per heavy atom. The summed E-state index contributed by atoms with van der Waals surface area (Å²) in [6, 6.07) is 0. The van der Waals surface area contributed by atoms with Crippen molar-refractivity contribution in [2.45, 2.75) is 39.5 Å². The first kappa shape index (κ1) is 11.0. The van der Waals surface area contributed by atoms with Crippen LogP contribution in [0.5, 0.6) is 0 Å². The lowest BCUT2D eigenvalue weighted by atomic mass is 9.83. The standard InChI is InChI=1S/C11H23NO/c1-11(2,8-12)9-13-7-6-10-4-3-5-10/h10H,3-9,12H2,1-2H3. The monoisotopic (exact) mass is 185 g/mol. The minimum atomic E-state index is 0.152. The second kappa shape index (κ2) is 4.97. The van der Waals surface area contributed by atoms with Gasteiger partial charge < -0.3 is 10.5 Å². The third kappa shape index (κ3) is 4.10. The SMILES string of the molecule is CC(C)(CN)COCCC1CCC1. The lowest BCUT2D eigenvalue weighted by Gasteiger charge is -2.26. The quantitative estimate of drug-likeness (QED) is 0.644. The van der Waals surface area contributed by atoms with Gasteiger partial charge in [0.15, 0.2) is 0 Å². The summed E-state index contributed by atoms with van der Waals surface area (Å²) in [5, 5.41) is 0. The average molecular weight is 185 g/mol. The molecule has 1 aliphatic carbocycles. The molecule has 1 fully saturated rings. The normalized spacial score (nSPS) is 18.7. The van der Waals surface area contributed by atoms with Gasteiger partial charge >= 0.3 is 0 Å². The zero-order chi connectivity index (χ0) is 9.73. The van der Waals surface area contributed by atoms with Crippen molar-refractivity contribution in [3.8, 4) is 0 Å². The molecule has 2 heteroatoms. The molecule has 0 aliphatic heterocycles. The highest BCUT2D eigenvalue weighted by atomic mass is 16.5. The van der Waals surface area contributed by atoms with Crippen molar-refractivity contribution < 1.29 is 4.74 Å². The van der Waals surface area contributed by atoms with Crippen LogP contribution in [0, 0.1) is 11.3 Å². The van der Waals surface area contributed by atoms with E-state index in [1.807, 2.05) is 0 Å². The zero-order valence-electron chi connectivity index (χ0n) is 9.01. The van der Waals surface area contributed by atoms with E-state index in [1.165, 1.54) is 25.7 Å². The molecule has 0 aromatic carbocycles. The molecule has 13 heavy (non-hydrogen) atoms. The molecule has 0 atom stereocenters.